The summed E-state index contributed by atoms with van der Waals surface area (Å²) < 4.78 is 36.5. The van der Waals surface area contributed by atoms with Gasteiger partial charge in [0.15, 0.2) is 0 Å². The van der Waals surface area contributed by atoms with Gasteiger partial charge < -0.3 is 5.73 Å². The second-order valence-electron chi connectivity index (χ2n) is 3.52. The fraction of sp³-hybridized carbons (Fsp3) is 0.500. The van der Waals surface area contributed by atoms with Crippen LogP contribution in [0.2, 0.25) is 0 Å². The number of hydrogen-bond acceptors (Lipinski definition) is 2. The molecule has 0 fully saturated rings. The van der Waals surface area contributed by atoms with Gasteiger partial charge in [0.1, 0.15) is 0 Å². The minimum Gasteiger partial charge on any atom is -0.323 e. The monoisotopic (exact) mass is 296 g/mol. The zero-order chi connectivity index (χ0) is 12.2. The predicted octanol–water partition coefficient (Wildman–Crippen LogP) is 3.58. The molecule has 6 heteroatoms. The van der Waals surface area contributed by atoms with Crippen LogP contribution >= 0.6 is 15.9 Å². The Morgan fingerprint density at radius 2 is 2.06 bits per heavy atom. The van der Waals surface area contributed by atoms with Crippen LogP contribution in [0.4, 0.5) is 13.2 Å². The summed E-state index contributed by atoms with van der Waals surface area (Å²) in [5.74, 6) is 0. The van der Waals surface area contributed by atoms with Crippen LogP contribution in [0, 0.1) is 0 Å². The van der Waals surface area contributed by atoms with E-state index in [1.165, 1.54) is 0 Å². The van der Waals surface area contributed by atoms with Gasteiger partial charge in [-0.3, -0.25) is 4.98 Å². The van der Waals surface area contributed by atoms with Crippen molar-refractivity contribution >= 4 is 15.9 Å². The highest BCUT2D eigenvalue weighted by Gasteiger charge is 2.26. The minimum atomic E-state index is -4.10. The summed E-state index contributed by atoms with van der Waals surface area (Å²) in [5.41, 5.74) is 6.35. The maximum absolute atomic E-state index is 11.9. The Labute approximate surface area is 100 Å². The molecule has 2 N–H and O–H groups in total. The summed E-state index contributed by atoms with van der Waals surface area (Å²) in [6.07, 6.45) is -3.00. The zero-order valence-corrected chi connectivity index (χ0v) is 10.1. The van der Waals surface area contributed by atoms with E-state index >= 15 is 0 Å². The molecule has 0 aromatic carbocycles. The molecular weight excluding hydrogens is 285 g/mol. The Balaban J connectivity index is 2.41. The Hall–Kier alpha value is -0.620. The van der Waals surface area contributed by atoms with Crippen molar-refractivity contribution in [3.05, 3.63) is 28.5 Å². The predicted molar refractivity (Wildman–Crippen MR) is 58.8 cm³/mol. The van der Waals surface area contributed by atoms with Gasteiger partial charge in [0.25, 0.3) is 0 Å². The van der Waals surface area contributed by atoms with Gasteiger partial charge in [0.05, 0.1) is 5.69 Å². The molecule has 0 aliphatic rings. The van der Waals surface area contributed by atoms with Crippen molar-refractivity contribution in [2.75, 3.05) is 0 Å². The van der Waals surface area contributed by atoms with Crippen molar-refractivity contribution in [1.82, 2.24) is 4.98 Å². The lowest BCUT2D eigenvalue weighted by atomic mass is 10.1. The number of nitrogens with two attached hydrogens (primary N) is 1. The van der Waals surface area contributed by atoms with Gasteiger partial charge in [-0.1, -0.05) is 0 Å². The smallest absolute Gasteiger partial charge is 0.323 e. The third-order valence-electron chi connectivity index (χ3n) is 2.11. The van der Waals surface area contributed by atoms with E-state index in [2.05, 4.69) is 20.9 Å². The van der Waals surface area contributed by atoms with Crippen LogP contribution in [0.15, 0.2) is 22.8 Å². The van der Waals surface area contributed by atoms with Crippen LogP contribution in [0.3, 0.4) is 0 Å². The van der Waals surface area contributed by atoms with Gasteiger partial charge in [-0.15, -0.1) is 0 Å². The highest BCUT2D eigenvalue weighted by Crippen LogP contribution is 2.25. The molecule has 0 saturated carbocycles. The number of rotatable bonds is 4. The van der Waals surface area contributed by atoms with E-state index in [1.54, 1.807) is 18.3 Å². The van der Waals surface area contributed by atoms with Crippen molar-refractivity contribution in [2.24, 2.45) is 5.73 Å². The fourth-order valence-corrected chi connectivity index (χ4v) is 1.51. The second-order valence-corrected chi connectivity index (χ2v) is 4.43. The lowest BCUT2D eigenvalue weighted by molar-refractivity contribution is -0.135. The zero-order valence-electron chi connectivity index (χ0n) is 8.47. The van der Waals surface area contributed by atoms with Gasteiger partial charge >= 0.3 is 6.18 Å². The average Bonchev–Trinajstić information content (AvgIpc) is 2.16. The lowest BCUT2D eigenvalue weighted by Crippen LogP contribution is -2.14. The molecule has 0 amide bonds. The molecule has 0 aliphatic carbocycles. The first-order valence-corrected chi connectivity index (χ1v) is 5.61. The molecule has 1 rings (SSSR count). The average molecular weight is 297 g/mol. The third-order valence-corrected chi connectivity index (χ3v) is 2.57. The van der Waals surface area contributed by atoms with Crippen molar-refractivity contribution in [3.63, 3.8) is 0 Å². The standard InChI is InChI=1S/C10H12BrF3N2/c11-7-3-4-9(16-6-7)8(15)2-1-5-10(12,13)14/h3-4,6,8H,1-2,5,15H2. The number of alkyl halides is 3. The van der Waals surface area contributed by atoms with Gasteiger partial charge in [0.2, 0.25) is 0 Å². The van der Waals surface area contributed by atoms with E-state index in [0.717, 1.165) is 4.47 Å². The molecule has 90 valence electrons. The molecule has 1 heterocycles. The van der Waals surface area contributed by atoms with Crippen molar-refractivity contribution < 1.29 is 13.2 Å². The van der Waals surface area contributed by atoms with Gasteiger partial charge in [0, 0.05) is 23.1 Å². The molecular formula is C10H12BrF3N2. The van der Waals surface area contributed by atoms with E-state index in [0.29, 0.717) is 5.69 Å². The van der Waals surface area contributed by atoms with E-state index < -0.39 is 18.6 Å². The molecule has 1 aromatic heterocycles. The molecule has 1 aromatic rings. The number of aromatic nitrogens is 1. The van der Waals surface area contributed by atoms with Crippen LogP contribution in [0.25, 0.3) is 0 Å². The minimum absolute atomic E-state index is 0.0302. The molecule has 0 bridgehead atoms. The van der Waals surface area contributed by atoms with Crippen LogP contribution in [0.1, 0.15) is 31.0 Å². The number of pyridine rings is 1. The fourth-order valence-electron chi connectivity index (χ4n) is 1.28. The highest BCUT2D eigenvalue weighted by molar-refractivity contribution is 9.10. The Morgan fingerprint density at radius 1 is 1.38 bits per heavy atom. The van der Waals surface area contributed by atoms with Gasteiger partial charge in [-0.05, 0) is 40.9 Å². The van der Waals surface area contributed by atoms with E-state index in [-0.39, 0.29) is 12.8 Å². The topological polar surface area (TPSA) is 38.9 Å². The number of nitrogens with zero attached hydrogens (tertiary/aromatic N) is 1. The van der Waals surface area contributed by atoms with Crippen molar-refractivity contribution in [1.29, 1.82) is 0 Å². The Bertz CT molecular complexity index is 324. The molecule has 16 heavy (non-hydrogen) atoms. The van der Waals surface area contributed by atoms with Crippen LogP contribution < -0.4 is 5.73 Å². The summed E-state index contributed by atoms with van der Waals surface area (Å²) in [4.78, 5) is 4.04. The number of halogens is 4. The van der Waals surface area contributed by atoms with E-state index in [1.807, 2.05) is 0 Å². The van der Waals surface area contributed by atoms with E-state index in [9.17, 15) is 13.2 Å². The summed E-state index contributed by atoms with van der Waals surface area (Å²) in [6, 6.07) is 3.05. The third kappa shape index (κ3) is 4.94. The molecule has 1 atom stereocenters. The number of hydrogen-bond donors (Lipinski definition) is 1. The van der Waals surface area contributed by atoms with Gasteiger partial charge in [-0.25, -0.2) is 0 Å². The molecule has 0 aliphatic heterocycles. The maximum Gasteiger partial charge on any atom is 0.389 e. The first kappa shape index (κ1) is 13.4. The van der Waals surface area contributed by atoms with Crippen LogP contribution in [-0.2, 0) is 0 Å². The summed E-state index contributed by atoms with van der Waals surface area (Å²) in [7, 11) is 0. The maximum atomic E-state index is 11.9. The quantitative estimate of drug-likeness (QED) is 0.922. The molecule has 0 radical (unpaired) electrons. The first-order chi connectivity index (χ1) is 7.38. The van der Waals surface area contributed by atoms with Crippen LogP contribution in [-0.4, -0.2) is 11.2 Å². The largest absolute Gasteiger partial charge is 0.389 e. The summed E-state index contributed by atoms with van der Waals surface area (Å²) >= 11 is 3.22. The first-order valence-electron chi connectivity index (χ1n) is 4.82. The molecule has 1 unspecified atom stereocenters. The summed E-state index contributed by atoms with van der Waals surface area (Å²) in [6.45, 7) is 0. The summed E-state index contributed by atoms with van der Waals surface area (Å²) in [5, 5.41) is 0. The molecule has 0 saturated heterocycles. The van der Waals surface area contributed by atoms with Gasteiger partial charge in [-0.2, -0.15) is 13.2 Å². The SMILES string of the molecule is NC(CCCC(F)(F)F)c1ccc(Br)cn1. The van der Waals surface area contributed by atoms with Crippen molar-refractivity contribution in [3.8, 4) is 0 Å². The normalized spacial score (nSPS) is 13.8. The molecule has 2 nitrogen and oxygen atoms in total. The Kier molecular flexibility index (Phi) is 4.73. The van der Waals surface area contributed by atoms with Crippen LogP contribution in [0.5, 0.6) is 0 Å². The molecule has 0 spiro atoms. The van der Waals surface area contributed by atoms with E-state index in [4.69, 9.17) is 5.73 Å². The van der Waals surface area contributed by atoms with Crippen molar-refractivity contribution in [2.45, 2.75) is 31.5 Å². The second kappa shape index (κ2) is 5.63. The highest BCUT2D eigenvalue weighted by atomic mass is 79.9. The Morgan fingerprint density at radius 3 is 2.56 bits per heavy atom. The lowest BCUT2D eigenvalue weighted by Gasteiger charge is -2.11.